The average molecular weight is 230 g/mol. The van der Waals surface area contributed by atoms with Crippen LogP contribution in [0.3, 0.4) is 0 Å². The Labute approximate surface area is 83.1 Å². The molecule has 2 heteroatoms. The lowest BCUT2D eigenvalue weighted by Gasteiger charge is -2.10. The minimum absolute atomic E-state index is 0.0584. The molecular weight excluding hydrogens is 214 g/mol. The molecule has 0 aromatic heterocycles. The molecule has 0 saturated heterocycles. The monoisotopic (exact) mass is 229 g/mol. The molecule has 0 N–H and O–H groups in total. The Balaban J connectivity index is 2.62. The second-order valence-corrected chi connectivity index (χ2v) is 5.17. The van der Waals surface area contributed by atoms with Crippen LogP contribution >= 0.6 is 15.9 Å². The molecule has 0 aliphatic heterocycles. The van der Waals surface area contributed by atoms with Gasteiger partial charge in [0.05, 0.1) is 5.54 Å². The zero-order valence-corrected chi connectivity index (χ0v) is 9.61. The largest absolute Gasteiger partial charge is 0.287 e. The van der Waals surface area contributed by atoms with Crippen LogP contribution in [0.4, 0.5) is 0 Å². The molecule has 1 nitrogen and oxygen atoms in total. The molecule has 0 atom stereocenters. The minimum Gasteiger partial charge on any atom is -0.287 e. The third-order valence-corrected chi connectivity index (χ3v) is 2.70. The summed E-state index contributed by atoms with van der Waals surface area (Å²) in [6.45, 7) is 6.35. The Kier molecular flexibility index (Phi) is 3.10. The Bertz CT molecular complexity index is 220. The minimum atomic E-state index is 0.0584. The van der Waals surface area contributed by atoms with Gasteiger partial charge in [-0.3, -0.25) is 4.99 Å². The molecule has 0 heterocycles. The van der Waals surface area contributed by atoms with Crippen LogP contribution in [-0.4, -0.2) is 11.8 Å². The van der Waals surface area contributed by atoms with Crippen molar-refractivity contribution in [2.75, 3.05) is 0 Å². The van der Waals surface area contributed by atoms with Crippen molar-refractivity contribution in [3.8, 4) is 0 Å². The lowest BCUT2D eigenvalue weighted by atomic mass is 10.1. The van der Waals surface area contributed by atoms with Gasteiger partial charge < -0.3 is 0 Å². The fraction of sp³-hybridized carbons (Fsp3) is 0.700. The quantitative estimate of drug-likeness (QED) is 0.609. The van der Waals surface area contributed by atoms with E-state index in [-0.39, 0.29) is 5.54 Å². The SMILES string of the molecule is CC(C)(C)N=CC1=C(Br)CCC1. The molecular formula is C10H16BrN. The molecule has 0 aromatic carbocycles. The first-order valence-electron chi connectivity index (χ1n) is 4.42. The van der Waals surface area contributed by atoms with Crippen molar-refractivity contribution in [2.24, 2.45) is 4.99 Å². The summed E-state index contributed by atoms with van der Waals surface area (Å²) in [6.07, 6.45) is 5.66. The molecule has 0 amide bonds. The van der Waals surface area contributed by atoms with Gasteiger partial charge in [-0.1, -0.05) is 15.9 Å². The molecule has 0 unspecified atom stereocenters. The molecule has 1 aliphatic carbocycles. The fourth-order valence-corrected chi connectivity index (χ4v) is 1.72. The fourth-order valence-electron chi connectivity index (χ4n) is 1.14. The van der Waals surface area contributed by atoms with E-state index in [9.17, 15) is 0 Å². The zero-order chi connectivity index (χ0) is 9.19. The molecule has 0 spiro atoms. The first-order valence-corrected chi connectivity index (χ1v) is 5.21. The molecule has 0 saturated carbocycles. The van der Waals surface area contributed by atoms with Crippen molar-refractivity contribution in [3.05, 3.63) is 10.1 Å². The van der Waals surface area contributed by atoms with Crippen molar-refractivity contribution in [1.82, 2.24) is 0 Å². The molecule has 68 valence electrons. The maximum atomic E-state index is 4.48. The predicted molar refractivity (Wildman–Crippen MR) is 58.0 cm³/mol. The highest BCUT2D eigenvalue weighted by Gasteiger charge is 2.11. The topological polar surface area (TPSA) is 12.4 Å². The third-order valence-electron chi connectivity index (χ3n) is 1.80. The maximum absolute atomic E-state index is 4.48. The van der Waals surface area contributed by atoms with Crippen molar-refractivity contribution >= 4 is 22.1 Å². The van der Waals surface area contributed by atoms with Gasteiger partial charge in [-0.15, -0.1) is 0 Å². The van der Waals surface area contributed by atoms with Crippen LogP contribution in [0.2, 0.25) is 0 Å². The molecule has 0 aromatic rings. The maximum Gasteiger partial charge on any atom is 0.0524 e. The van der Waals surface area contributed by atoms with E-state index in [1.165, 1.54) is 29.3 Å². The average Bonchev–Trinajstić information content (AvgIpc) is 2.29. The van der Waals surface area contributed by atoms with E-state index in [2.05, 4.69) is 41.7 Å². The van der Waals surface area contributed by atoms with E-state index in [0.717, 1.165) is 0 Å². The Morgan fingerprint density at radius 2 is 2.00 bits per heavy atom. The third kappa shape index (κ3) is 3.10. The first-order chi connectivity index (χ1) is 5.49. The van der Waals surface area contributed by atoms with Crippen LogP contribution in [0.5, 0.6) is 0 Å². The Morgan fingerprint density at radius 1 is 1.33 bits per heavy atom. The first kappa shape index (κ1) is 9.97. The van der Waals surface area contributed by atoms with Gasteiger partial charge >= 0.3 is 0 Å². The van der Waals surface area contributed by atoms with Gasteiger partial charge in [0, 0.05) is 6.21 Å². The number of aliphatic imine (C=N–C) groups is 1. The van der Waals surface area contributed by atoms with Crippen LogP contribution < -0.4 is 0 Å². The summed E-state index contributed by atoms with van der Waals surface area (Å²) in [6, 6.07) is 0. The summed E-state index contributed by atoms with van der Waals surface area (Å²) in [5.74, 6) is 0. The van der Waals surface area contributed by atoms with Crippen molar-refractivity contribution in [1.29, 1.82) is 0 Å². The van der Waals surface area contributed by atoms with Gasteiger partial charge in [-0.25, -0.2) is 0 Å². The zero-order valence-electron chi connectivity index (χ0n) is 8.02. The molecule has 0 fully saturated rings. The summed E-state index contributed by atoms with van der Waals surface area (Å²) >= 11 is 3.56. The van der Waals surface area contributed by atoms with Crippen molar-refractivity contribution in [2.45, 2.75) is 45.6 Å². The number of halogens is 1. The highest BCUT2D eigenvalue weighted by atomic mass is 79.9. The van der Waals surface area contributed by atoms with Gasteiger partial charge in [-0.05, 0) is 50.1 Å². The molecule has 0 bridgehead atoms. The van der Waals surface area contributed by atoms with Crippen LogP contribution in [-0.2, 0) is 0 Å². The molecule has 1 rings (SSSR count). The van der Waals surface area contributed by atoms with Gasteiger partial charge in [-0.2, -0.15) is 0 Å². The number of allylic oxidation sites excluding steroid dienone is 2. The number of rotatable bonds is 1. The number of nitrogens with zero attached hydrogens (tertiary/aromatic N) is 1. The number of hydrogen-bond donors (Lipinski definition) is 0. The van der Waals surface area contributed by atoms with Crippen LogP contribution in [0, 0.1) is 0 Å². The van der Waals surface area contributed by atoms with E-state index in [4.69, 9.17) is 0 Å². The van der Waals surface area contributed by atoms with E-state index in [0.29, 0.717) is 0 Å². The standard InChI is InChI=1S/C10H16BrN/c1-10(2,3)12-7-8-5-4-6-9(8)11/h7H,4-6H2,1-3H3. The summed E-state index contributed by atoms with van der Waals surface area (Å²) < 4.78 is 1.34. The summed E-state index contributed by atoms with van der Waals surface area (Å²) in [4.78, 5) is 4.48. The lowest BCUT2D eigenvalue weighted by Crippen LogP contribution is -2.09. The molecule has 12 heavy (non-hydrogen) atoms. The van der Waals surface area contributed by atoms with Crippen LogP contribution in [0.1, 0.15) is 40.0 Å². The second-order valence-electron chi connectivity index (χ2n) is 4.21. The van der Waals surface area contributed by atoms with E-state index < -0.39 is 0 Å². The Morgan fingerprint density at radius 3 is 2.42 bits per heavy atom. The normalized spacial score (nSPS) is 19.7. The predicted octanol–water partition coefficient (Wildman–Crippen LogP) is 3.69. The lowest BCUT2D eigenvalue weighted by molar-refractivity contribution is 0.586. The second kappa shape index (κ2) is 3.73. The summed E-state index contributed by atoms with van der Waals surface area (Å²) in [5.41, 5.74) is 1.44. The van der Waals surface area contributed by atoms with Crippen LogP contribution in [0.15, 0.2) is 15.0 Å². The van der Waals surface area contributed by atoms with E-state index in [1.54, 1.807) is 0 Å². The molecule has 1 aliphatic rings. The van der Waals surface area contributed by atoms with Crippen LogP contribution in [0.25, 0.3) is 0 Å². The highest BCUT2D eigenvalue weighted by molar-refractivity contribution is 9.11. The summed E-state index contributed by atoms with van der Waals surface area (Å²) in [5, 5.41) is 0. The van der Waals surface area contributed by atoms with Gasteiger partial charge in [0.2, 0.25) is 0 Å². The van der Waals surface area contributed by atoms with E-state index >= 15 is 0 Å². The van der Waals surface area contributed by atoms with E-state index in [1.807, 2.05) is 6.21 Å². The van der Waals surface area contributed by atoms with Crippen molar-refractivity contribution < 1.29 is 0 Å². The van der Waals surface area contributed by atoms with Gasteiger partial charge in [0.15, 0.2) is 0 Å². The van der Waals surface area contributed by atoms with Gasteiger partial charge in [0.1, 0.15) is 0 Å². The molecule has 0 radical (unpaired) electrons. The summed E-state index contributed by atoms with van der Waals surface area (Å²) in [7, 11) is 0. The number of hydrogen-bond acceptors (Lipinski definition) is 1. The Hall–Kier alpha value is -0.110. The van der Waals surface area contributed by atoms with Gasteiger partial charge in [0.25, 0.3) is 0 Å². The highest BCUT2D eigenvalue weighted by Crippen LogP contribution is 2.29. The van der Waals surface area contributed by atoms with Crippen molar-refractivity contribution in [3.63, 3.8) is 0 Å². The smallest absolute Gasteiger partial charge is 0.0524 e.